The van der Waals surface area contributed by atoms with Crippen molar-refractivity contribution in [2.45, 2.75) is 25.1 Å². The largest absolute Gasteiger partial charge is 0.451 e. The Morgan fingerprint density at radius 3 is 2.24 bits per heavy atom. The molecule has 0 aliphatic rings. The van der Waals surface area contributed by atoms with E-state index in [1.165, 1.54) is 19.1 Å². The van der Waals surface area contributed by atoms with E-state index >= 15 is 0 Å². The SMILES string of the molecule is CC(C(=O)OC(CS(=O)(=O)O)C(F)(F)F)c1ccccc1. The lowest BCUT2D eigenvalue weighted by Gasteiger charge is -2.21. The molecule has 0 aliphatic heterocycles. The first-order valence-corrected chi connectivity index (χ1v) is 7.39. The van der Waals surface area contributed by atoms with Crippen LogP contribution in [-0.2, 0) is 19.6 Å². The highest BCUT2D eigenvalue weighted by molar-refractivity contribution is 7.85. The molecule has 21 heavy (non-hydrogen) atoms. The zero-order chi connectivity index (χ0) is 16.3. The van der Waals surface area contributed by atoms with Crippen LogP contribution in [0.4, 0.5) is 13.2 Å². The first kappa shape index (κ1) is 17.4. The number of ether oxygens (including phenoxy) is 1. The first-order chi connectivity index (χ1) is 9.50. The van der Waals surface area contributed by atoms with Crippen molar-refractivity contribution in [3.63, 3.8) is 0 Å². The van der Waals surface area contributed by atoms with E-state index in [1.807, 2.05) is 0 Å². The predicted octanol–water partition coefficient (Wildman–Crippen LogP) is 2.15. The fourth-order valence-electron chi connectivity index (χ4n) is 1.51. The third-order valence-corrected chi connectivity index (χ3v) is 3.36. The number of rotatable bonds is 5. The number of esters is 1. The maximum absolute atomic E-state index is 12.6. The normalized spacial score (nSPS) is 15.3. The van der Waals surface area contributed by atoms with Crippen LogP contribution >= 0.6 is 0 Å². The fourth-order valence-corrected chi connectivity index (χ4v) is 2.15. The van der Waals surface area contributed by atoms with Gasteiger partial charge >= 0.3 is 12.1 Å². The molecule has 118 valence electrons. The minimum atomic E-state index is -5.10. The molecular formula is C12H13F3O5S. The van der Waals surface area contributed by atoms with Crippen LogP contribution < -0.4 is 0 Å². The van der Waals surface area contributed by atoms with Crippen molar-refractivity contribution in [2.24, 2.45) is 0 Å². The minimum Gasteiger partial charge on any atom is -0.451 e. The molecule has 9 heteroatoms. The molecule has 0 saturated carbocycles. The number of hydrogen-bond acceptors (Lipinski definition) is 4. The lowest BCUT2D eigenvalue weighted by Crippen LogP contribution is -2.40. The molecule has 5 nitrogen and oxygen atoms in total. The first-order valence-electron chi connectivity index (χ1n) is 5.78. The van der Waals surface area contributed by atoms with Gasteiger partial charge in [-0.2, -0.15) is 21.6 Å². The molecule has 0 heterocycles. The summed E-state index contributed by atoms with van der Waals surface area (Å²) in [5.74, 6) is -3.96. The highest BCUT2D eigenvalue weighted by Crippen LogP contribution is 2.26. The molecule has 0 fully saturated rings. The van der Waals surface area contributed by atoms with Gasteiger partial charge in [-0.3, -0.25) is 9.35 Å². The Morgan fingerprint density at radius 2 is 1.81 bits per heavy atom. The Kier molecular flexibility index (Phi) is 5.35. The van der Waals surface area contributed by atoms with E-state index in [4.69, 9.17) is 4.55 Å². The molecule has 0 bridgehead atoms. The van der Waals surface area contributed by atoms with Crippen LogP contribution in [0.2, 0.25) is 0 Å². The number of carbonyl (C=O) groups is 1. The van der Waals surface area contributed by atoms with Gasteiger partial charge in [0, 0.05) is 0 Å². The van der Waals surface area contributed by atoms with Gasteiger partial charge in [-0.15, -0.1) is 0 Å². The monoisotopic (exact) mass is 326 g/mol. The van der Waals surface area contributed by atoms with Gasteiger partial charge in [0.15, 0.2) is 0 Å². The second-order valence-corrected chi connectivity index (χ2v) is 5.85. The van der Waals surface area contributed by atoms with Crippen LogP contribution in [0.25, 0.3) is 0 Å². The van der Waals surface area contributed by atoms with Gasteiger partial charge in [0.25, 0.3) is 10.1 Å². The molecule has 0 saturated heterocycles. The molecule has 1 aromatic carbocycles. The molecule has 1 N–H and O–H groups in total. The zero-order valence-corrected chi connectivity index (χ0v) is 11.7. The van der Waals surface area contributed by atoms with E-state index in [0.717, 1.165) is 0 Å². The number of benzene rings is 1. The summed E-state index contributed by atoms with van der Waals surface area (Å²) in [6, 6.07) is 7.91. The van der Waals surface area contributed by atoms with Crippen molar-refractivity contribution in [2.75, 3.05) is 5.75 Å². The van der Waals surface area contributed by atoms with Gasteiger partial charge in [-0.25, -0.2) is 0 Å². The van der Waals surface area contributed by atoms with Gasteiger partial charge in [0.2, 0.25) is 6.10 Å². The van der Waals surface area contributed by atoms with Crippen LogP contribution in [0.15, 0.2) is 30.3 Å². The van der Waals surface area contributed by atoms with Crippen molar-refractivity contribution in [3.05, 3.63) is 35.9 Å². The topological polar surface area (TPSA) is 80.7 Å². The lowest BCUT2D eigenvalue weighted by molar-refractivity contribution is -0.215. The van der Waals surface area contributed by atoms with Crippen LogP contribution in [-0.4, -0.2) is 37.0 Å². The molecule has 2 unspecified atom stereocenters. The maximum atomic E-state index is 12.6. The van der Waals surface area contributed by atoms with E-state index < -0.39 is 40.0 Å². The van der Waals surface area contributed by atoms with Gasteiger partial charge in [-0.1, -0.05) is 30.3 Å². The standard InChI is InChI=1S/C12H13F3O5S/c1-8(9-5-3-2-4-6-9)11(16)20-10(12(13,14)15)7-21(17,18)19/h2-6,8,10H,7H2,1H3,(H,17,18,19). The van der Waals surface area contributed by atoms with Crippen LogP contribution in [0.3, 0.4) is 0 Å². The van der Waals surface area contributed by atoms with Crippen molar-refractivity contribution >= 4 is 16.1 Å². The average Bonchev–Trinajstić information content (AvgIpc) is 2.35. The molecule has 2 atom stereocenters. The molecule has 1 rings (SSSR count). The Labute approximate surface area is 119 Å². The summed E-state index contributed by atoms with van der Waals surface area (Å²) >= 11 is 0. The summed E-state index contributed by atoms with van der Waals surface area (Å²) in [5.41, 5.74) is 0.426. The van der Waals surface area contributed by atoms with E-state index in [-0.39, 0.29) is 0 Å². The fraction of sp³-hybridized carbons (Fsp3) is 0.417. The van der Waals surface area contributed by atoms with Gasteiger partial charge < -0.3 is 4.74 Å². The highest BCUT2D eigenvalue weighted by Gasteiger charge is 2.46. The molecule has 0 radical (unpaired) electrons. The Hall–Kier alpha value is -1.61. The van der Waals surface area contributed by atoms with E-state index in [9.17, 15) is 26.4 Å². The minimum absolute atomic E-state index is 0.426. The Balaban J connectivity index is 2.86. The average molecular weight is 326 g/mol. The third-order valence-electron chi connectivity index (χ3n) is 2.64. The molecule has 1 aromatic rings. The number of alkyl halides is 3. The smallest absolute Gasteiger partial charge is 0.426 e. The van der Waals surface area contributed by atoms with Crippen LogP contribution in [0, 0.1) is 0 Å². The summed E-state index contributed by atoms with van der Waals surface area (Å²) in [4.78, 5) is 11.7. The maximum Gasteiger partial charge on any atom is 0.426 e. The highest BCUT2D eigenvalue weighted by atomic mass is 32.2. The van der Waals surface area contributed by atoms with Gasteiger partial charge in [0.1, 0.15) is 5.75 Å². The Morgan fingerprint density at radius 1 is 1.29 bits per heavy atom. The number of halogens is 3. The van der Waals surface area contributed by atoms with E-state index in [0.29, 0.717) is 5.56 Å². The van der Waals surface area contributed by atoms with Gasteiger partial charge in [-0.05, 0) is 12.5 Å². The predicted molar refractivity (Wildman–Crippen MR) is 67.2 cm³/mol. The van der Waals surface area contributed by atoms with E-state index in [1.54, 1.807) is 18.2 Å². The number of hydrogen-bond donors (Lipinski definition) is 1. The zero-order valence-electron chi connectivity index (χ0n) is 10.9. The number of carbonyl (C=O) groups excluding carboxylic acids is 1. The molecule has 0 spiro atoms. The summed E-state index contributed by atoms with van der Waals surface area (Å²) in [6.07, 6.45) is -8.01. The second kappa shape index (κ2) is 6.44. The quantitative estimate of drug-likeness (QED) is 0.662. The lowest BCUT2D eigenvalue weighted by atomic mass is 10.0. The molecule has 0 aromatic heterocycles. The third kappa shape index (κ3) is 5.72. The van der Waals surface area contributed by atoms with E-state index in [2.05, 4.69) is 4.74 Å². The van der Waals surface area contributed by atoms with Crippen LogP contribution in [0.1, 0.15) is 18.4 Å². The molecular weight excluding hydrogens is 313 g/mol. The summed E-state index contributed by atoms with van der Waals surface area (Å²) in [7, 11) is -4.94. The molecule has 0 aliphatic carbocycles. The van der Waals surface area contributed by atoms with Crippen molar-refractivity contribution in [1.82, 2.24) is 0 Å². The summed E-state index contributed by atoms with van der Waals surface area (Å²) in [6.45, 7) is 1.33. The van der Waals surface area contributed by atoms with Crippen molar-refractivity contribution in [3.8, 4) is 0 Å². The summed E-state index contributed by atoms with van der Waals surface area (Å²) < 4.78 is 71.7. The Bertz CT molecular complexity index is 583. The van der Waals surface area contributed by atoms with Crippen LogP contribution in [0.5, 0.6) is 0 Å². The van der Waals surface area contributed by atoms with Crippen molar-refractivity contribution < 1.29 is 35.7 Å². The summed E-state index contributed by atoms with van der Waals surface area (Å²) in [5, 5.41) is 0. The van der Waals surface area contributed by atoms with Gasteiger partial charge in [0.05, 0.1) is 5.92 Å². The second-order valence-electron chi connectivity index (χ2n) is 4.35. The molecule has 0 amide bonds. The van der Waals surface area contributed by atoms with Crippen molar-refractivity contribution in [1.29, 1.82) is 0 Å².